The predicted octanol–water partition coefficient (Wildman–Crippen LogP) is 2.72. The van der Waals surface area contributed by atoms with Gasteiger partial charge < -0.3 is 10.5 Å². The fourth-order valence-electron chi connectivity index (χ4n) is 3.49. The van der Waals surface area contributed by atoms with Crippen LogP contribution in [0, 0.1) is 20.8 Å². The molecule has 0 amide bonds. The molecule has 1 heterocycles. The first-order valence-electron chi connectivity index (χ1n) is 7.50. The summed E-state index contributed by atoms with van der Waals surface area (Å²) in [4.78, 5) is 2.48. The maximum atomic E-state index is 6.12. The van der Waals surface area contributed by atoms with E-state index in [0.717, 1.165) is 19.7 Å². The van der Waals surface area contributed by atoms with Gasteiger partial charge in [-0.05, 0) is 51.3 Å². The Morgan fingerprint density at radius 3 is 2.35 bits per heavy atom. The van der Waals surface area contributed by atoms with Gasteiger partial charge in [0.1, 0.15) is 0 Å². The van der Waals surface area contributed by atoms with Crippen LogP contribution in [-0.4, -0.2) is 36.7 Å². The lowest BCUT2D eigenvalue weighted by molar-refractivity contribution is -0.0968. The fourth-order valence-corrected chi connectivity index (χ4v) is 3.49. The molecule has 1 aromatic carbocycles. The second kappa shape index (κ2) is 5.84. The lowest BCUT2D eigenvalue weighted by atomic mass is 9.92. The van der Waals surface area contributed by atoms with E-state index in [4.69, 9.17) is 10.5 Å². The highest BCUT2D eigenvalue weighted by Crippen LogP contribution is 2.30. The van der Waals surface area contributed by atoms with Crippen LogP contribution in [0.3, 0.4) is 0 Å². The molecule has 0 aromatic heterocycles. The van der Waals surface area contributed by atoms with E-state index < -0.39 is 0 Å². The van der Waals surface area contributed by atoms with E-state index >= 15 is 0 Å². The highest BCUT2D eigenvalue weighted by molar-refractivity contribution is 5.40. The maximum Gasteiger partial charge on any atom is 0.0753 e. The van der Waals surface area contributed by atoms with E-state index in [-0.39, 0.29) is 5.60 Å². The van der Waals surface area contributed by atoms with Crippen LogP contribution in [0.1, 0.15) is 42.1 Å². The number of morpholine rings is 1. The van der Waals surface area contributed by atoms with Gasteiger partial charge in [-0.15, -0.1) is 0 Å². The van der Waals surface area contributed by atoms with Gasteiger partial charge in [0.05, 0.1) is 12.2 Å². The summed E-state index contributed by atoms with van der Waals surface area (Å²) in [5.74, 6) is 0. The van der Waals surface area contributed by atoms with Crippen LogP contribution in [0.2, 0.25) is 0 Å². The Kier molecular flexibility index (Phi) is 4.52. The maximum absolute atomic E-state index is 6.12. The van der Waals surface area contributed by atoms with Crippen molar-refractivity contribution in [2.45, 2.75) is 46.3 Å². The molecule has 1 atom stereocenters. The van der Waals surface area contributed by atoms with Crippen molar-refractivity contribution in [1.82, 2.24) is 4.90 Å². The largest absolute Gasteiger partial charge is 0.373 e. The fraction of sp³-hybridized carbons (Fsp3) is 0.647. The standard InChI is InChI=1S/C17H28N2O/c1-12-8-13(2)16(14(3)9-12)15(10-18)19-6-7-20-17(4,5)11-19/h8-9,15H,6-7,10-11,18H2,1-5H3. The minimum absolute atomic E-state index is 0.0851. The van der Waals surface area contributed by atoms with E-state index in [1.165, 1.54) is 22.3 Å². The van der Waals surface area contributed by atoms with Gasteiger partial charge in [0, 0.05) is 25.7 Å². The third kappa shape index (κ3) is 3.22. The number of hydrogen-bond donors (Lipinski definition) is 1. The van der Waals surface area contributed by atoms with Crippen molar-refractivity contribution in [2.24, 2.45) is 5.73 Å². The molecule has 1 aromatic rings. The summed E-state index contributed by atoms with van der Waals surface area (Å²) in [6, 6.07) is 4.81. The van der Waals surface area contributed by atoms with Gasteiger partial charge >= 0.3 is 0 Å². The predicted molar refractivity (Wildman–Crippen MR) is 84.1 cm³/mol. The summed E-state index contributed by atoms with van der Waals surface area (Å²) in [5, 5.41) is 0. The summed E-state index contributed by atoms with van der Waals surface area (Å²) < 4.78 is 5.82. The third-order valence-corrected chi connectivity index (χ3v) is 4.19. The molecule has 0 bridgehead atoms. The summed E-state index contributed by atoms with van der Waals surface area (Å²) in [5.41, 5.74) is 11.5. The SMILES string of the molecule is Cc1cc(C)c(C(CN)N2CCOC(C)(C)C2)c(C)c1. The van der Waals surface area contributed by atoms with Gasteiger partial charge in [0.2, 0.25) is 0 Å². The van der Waals surface area contributed by atoms with Crippen LogP contribution in [0.15, 0.2) is 12.1 Å². The Hall–Kier alpha value is -0.900. The van der Waals surface area contributed by atoms with Gasteiger partial charge in [-0.3, -0.25) is 4.90 Å². The van der Waals surface area contributed by atoms with Crippen molar-refractivity contribution in [3.05, 3.63) is 34.4 Å². The summed E-state index contributed by atoms with van der Waals surface area (Å²) in [7, 11) is 0. The van der Waals surface area contributed by atoms with E-state index in [1.54, 1.807) is 0 Å². The lowest BCUT2D eigenvalue weighted by Crippen LogP contribution is -2.51. The average Bonchev–Trinajstić information content (AvgIpc) is 2.32. The number of benzene rings is 1. The van der Waals surface area contributed by atoms with Gasteiger partial charge in [-0.25, -0.2) is 0 Å². The molecule has 1 unspecified atom stereocenters. The van der Waals surface area contributed by atoms with Crippen molar-refractivity contribution in [1.29, 1.82) is 0 Å². The molecule has 1 fully saturated rings. The number of nitrogens with two attached hydrogens (primary N) is 1. The van der Waals surface area contributed by atoms with E-state index in [1.807, 2.05) is 0 Å². The number of rotatable bonds is 3. The summed E-state index contributed by atoms with van der Waals surface area (Å²) in [6.07, 6.45) is 0. The monoisotopic (exact) mass is 276 g/mol. The molecule has 112 valence electrons. The summed E-state index contributed by atoms with van der Waals surface area (Å²) >= 11 is 0. The number of hydrogen-bond acceptors (Lipinski definition) is 3. The Labute approximate surface area is 123 Å². The van der Waals surface area contributed by atoms with Gasteiger partial charge in [0.25, 0.3) is 0 Å². The number of nitrogens with zero attached hydrogens (tertiary/aromatic N) is 1. The summed E-state index contributed by atoms with van der Waals surface area (Å²) in [6.45, 7) is 14.2. The minimum atomic E-state index is -0.0851. The molecule has 1 aliphatic heterocycles. The van der Waals surface area contributed by atoms with Crippen molar-refractivity contribution < 1.29 is 4.74 Å². The van der Waals surface area contributed by atoms with Crippen LogP contribution in [0.25, 0.3) is 0 Å². The van der Waals surface area contributed by atoms with E-state index in [2.05, 4.69) is 51.7 Å². The molecule has 0 saturated carbocycles. The Morgan fingerprint density at radius 2 is 1.85 bits per heavy atom. The van der Waals surface area contributed by atoms with Crippen LogP contribution in [0.5, 0.6) is 0 Å². The number of aryl methyl sites for hydroxylation is 3. The smallest absolute Gasteiger partial charge is 0.0753 e. The van der Waals surface area contributed by atoms with Crippen molar-refractivity contribution >= 4 is 0 Å². The molecule has 1 saturated heterocycles. The zero-order valence-corrected chi connectivity index (χ0v) is 13.5. The second-order valence-electron chi connectivity index (χ2n) is 6.64. The van der Waals surface area contributed by atoms with Gasteiger partial charge in [-0.1, -0.05) is 17.7 Å². The van der Waals surface area contributed by atoms with Crippen LogP contribution in [-0.2, 0) is 4.74 Å². The molecule has 1 aliphatic rings. The third-order valence-electron chi connectivity index (χ3n) is 4.19. The van der Waals surface area contributed by atoms with E-state index in [0.29, 0.717) is 12.6 Å². The number of ether oxygens (including phenoxy) is 1. The molecule has 20 heavy (non-hydrogen) atoms. The van der Waals surface area contributed by atoms with Crippen LogP contribution in [0.4, 0.5) is 0 Å². The van der Waals surface area contributed by atoms with Gasteiger partial charge in [-0.2, -0.15) is 0 Å². The minimum Gasteiger partial charge on any atom is -0.373 e. The average molecular weight is 276 g/mol. The Balaban J connectivity index is 2.33. The quantitative estimate of drug-likeness (QED) is 0.922. The Morgan fingerprint density at radius 1 is 1.25 bits per heavy atom. The van der Waals surface area contributed by atoms with Gasteiger partial charge in [0.15, 0.2) is 0 Å². The Bertz CT molecular complexity index is 459. The molecular formula is C17H28N2O. The molecule has 3 heteroatoms. The normalized spacial score (nSPS) is 20.9. The van der Waals surface area contributed by atoms with Crippen molar-refractivity contribution in [2.75, 3.05) is 26.2 Å². The zero-order valence-electron chi connectivity index (χ0n) is 13.5. The van der Waals surface area contributed by atoms with Crippen molar-refractivity contribution in [3.8, 4) is 0 Å². The molecule has 0 radical (unpaired) electrons. The second-order valence-corrected chi connectivity index (χ2v) is 6.64. The van der Waals surface area contributed by atoms with Crippen molar-refractivity contribution in [3.63, 3.8) is 0 Å². The lowest BCUT2D eigenvalue weighted by Gasteiger charge is -2.42. The molecule has 2 rings (SSSR count). The highest BCUT2D eigenvalue weighted by atomic mass is 16.5. The molecule has 3 nitrogen and oxygen atoms in total. The molecule has 2 N–H and O–H groups in total. The zero-order chi connectivity index (χ0) is 14.9. The topological polar surface area (TPSA) is 38.5 Å². The molecule has 0 spiro atoms. The molecular weight excluding hydrogens is 248 g/mol. The highest BCUT2D eigenvalue weighted by Gasteiger charge is 2.32. The van der Waals surface area contributed by atoms with Crippen LogP contribution < -0.4 is 5.73 Å². The van der Waals surface area contributed by atoms with Crippen LogP contribution >= 0.6 is 0 Å². The van der Waals surface area contributed by atoms with E-state index in [9.17, 15) is 0 Å². The first-order valence-corrected chi connectivity index (χ1v) is 7.50. The first-order chi connectivity index (χ1) is 9.34. The molecule has 0 aliphatic carbocycles. The first kappa shape index (κ1) is 15.5.